The van der Waals surface area contributed by atoms with Crippen LogP contribution in [-0.2, 0) is 20.3 Å². The maximum absolute atomic E-state index is 12.6. The van der Waals surface area contributed by atoms with Crippen LogP contribution in [0, 0.1) is 0 Å². The Kier molecular flexibility index (Phi) is 5.30. The third-order valence-corrected chi connectivity index (χ3v) is 4.49. The lowest BCUT2D eigenvalue weighted by atomic mass is 10.2. The fourth-order valence-corrected chi connectivity index (χ4v) is 3.20. The predicted molar refractivity (Wildman–Crippen MR) is 76.9 cm³/mol. The summed E-state index contributed by atoms with van der Waals surface area (Å²) >= 11 is 0. The largest absolute Gasteiger partial charge is 0.467 e. The molecule has 0 aliphatic rings. The number of aliphatic hydroxyl groups is 1. The van der Waals surface area contributed by atoms with Gasteiger partial charge in [0.25, 0.3) is 0 Å². The molecular weight excluding hydrogens is 292 g/mol. The Hall–Kier alpha value is -1.92. The van der Waals surface area contributed by atoms with Crippen LogP contribution in [0.3, 0.4) is 0 Å². The van der Waals surface area contributed by atoms with Gasteiger partial charge in [-0.1, -0.05) is 18.2 Å². The molecule has 0 bridgehead atoms. The summed E-state index contributed by atoms with van der Waals surface area (Å²) in [6, 6.07) is 11.6. The van der Waals surface area contributed by atoms with Gasteiger partial charge >= 0.3 is 5.97 Å². The van der Waals surface area contributed by atoms with Crippen molar-refractivity contribution in [1.82, 2.24) is 0 Å². The highest BCUT2D eigenvalue weighted by molar-refractivity contribution is 7.86. The first-order valence-corrected chi connectivity index (χ1v) is 7.70. The molecule has 1 aromatic carbocycles. The van der Waals surface area contributed by atoms with E-state index in [4.69, 9.17) is 9.15 Å². The summed E-state index contributed by atoms with van der Waals surface area (Å²) < 4.78 is 22.6. The summed E-state index contributed by atoms with van der Waals surface area (Å²) in [5.74, 6) is -0.541. The monoisotopic (exact) mass is 308 g/mol. The predicted octanol–water partition coefficient (Wildman–Crippen LogP) is 2.05. The minimum absolute atomic E-state index is 0.145. The van der Waals surface area contributed by atoms with Gasteiger partial charge in [0.15, 0.2) is 5.25 Å². The fraction of sp³-hybridized carbons (Fsp3) is 0.267. The van der Waals surface area contributed by atoms with E-state index >= 15 is 0 Å². The van der Waals surface area contributed by atoms with Gasteiger partial charge in [0.1, 0.15) is 11.9 Å². The molecule has 0 aliphatic carbocycles. The molecule has 3 unspecified atom stereocenters. The van der Waals surface area contributed by atoms with E-state index in [-0.39, 0.29) is 12.4 Å². The molecular formula is C15H16O5S. The third kappa shape index (κ3) is 3.59. The highest BCUT2D eigenvalue weighted by Gasteiger charge is 2.37. The van der Waals surface area contributed by atoms with E-state index in [2.05, 4.69) is 0 Å². The van der Waals surface area contributed by atoms with Crippen molar-refractivity contribution in [2.24, 2.45) is 0 Å². The standard InChI is InChI=1S/C15H16O5S/c1-2-19-15(17)14(13(16)12-9-6-10-20-12)21(18)11-7-4-3-5-8-11/h3-10,13-14,16H,2H2,1H3. The average molecular weight is 308 g/mol. The molecule has 1 aromatic heterocycles. The minimum Gasteiger partial charge on any atom is -0.467 e. The van der Waals surface area contributed by atoms with Gasteiger partial charge in [0.2, 0.25) is 0 Å². The molecule has 1 N–H and O–H groups in total. The van der Waals surface area contributed by atoms with Crippen molar-refractivity contribution >= 4 is 16.8 Å². The maximum atomic E-state index is 12.6. The van der Waals surface area contributed by atoms with Crippen LogP contribution in [0.4, 0.5) is 0 Å². The van der Waals surface area contributed by atoms with Crippen molar-refractivity contribution < 1.29 is 23.3 Å². The van der Waals surface area contributed by atoms with Crippen molar-refractivity contribution in [2.45, 2.75) is 23.2 Å². The number of benzene rings is 1. The van der Waals surface area contributed by atoms with Crippen molar-refractivity contribution in [1.29, 1.82) is 0 Å². The zero-order valence-corrected chi connectivity index (χ0v) is 12.3. The molecule has 2 rings (SSSR count). The highest BCUT2D eigenvalue weighted by Crippen LogP contribution is 2.25. The summed E-state index contributed by atoms with van der Waals surface area (Å²) in [6.45, 7) is 1.80. The Morgan fingerprint density at radius 3 is 2.57 bits per heavy atom. The molecule has 3 atom stereocenters. The van der Waals surface area contributed by atoms with Gasteiger partial charge in [-0.05, 0) is 31.2 Å². The molecule has 6 heteroatoms. The molecule has 0 saturated carbocycles. The molecule has 5 nitrogen and oxygen atoms in total. The number of rotatable bonds is 6. The Balaban J connectivity index is 2.32. The second-order valence-electron chi connectivity index (χ2n) is 4.24. The minimum atomic E-state index is -1.75. The van der Waals surface area contributed by atoms with E-state index in [1.165, 1.54) is 12.3 Å². The summed E-state index contributed by atoms with van der Waals surface area (Å²) in [7, 11) is -1.75. The fourth-order valence-electron chi connectivity index (χ4n) is 1.87. The third-order valence-electron chi connectivity index (χ3n) is 2.85. The van der Waals surface area contributed by atoms with Gasteiger partial charge in [0.05, 0.1) is 23.7 Å². The number of carbonyl (C=O) groups is 1. The van der Waals surface area contributed by atoms with Gasteiger partial charge in [-0.25, -0.2) is 0 Å². The van der Waals surface area contributed by atoms with Crippen LogP contribution in [0.2, 0.25) is 0 Å². The molecule has 0 amide bonds. The Morgan fingerprint density at radius 1 is 1.29 bits per heavy atom. The van der Waals surface area contributed by atoms with Crippen LogP contribution in [0.25, 0.3) is 0 Å². The molecule has 0 aliphatic heterocycles. The lowest BCUT2D eigenvalue weighted by Gasteiger charge is -2.19. The number of carbonyl (C=O) groups excluding carboxylic acids is 1. The number of hydrogen-bond donors (Lipinski definition) is 1. The number of furan rings is 1. The zero-order valence-electron chi connectivity index (χ0n) is 11.5. The van der Waals surface area contributed by atoms with Gasteiger partial charge in [-0.3, -0.25) is 9.00 Å². The number of hydrogen-bond acceptors (Lipinski definition) is 5. The highest BCUT2D eigenvalue weighted by atomic mass is 32.2. The molecule has 0 spiro atoms. The number of aliphatic hydroxyl groups excluding tert-OH is 1. The van der Waals surface area contributed by atoms with Crippen LogP contribution in [0.5, 0.6) is 0 Å². The van der Waals surface area contributed by atoms with E-state index in [1.807, 2.05) is 0 Å². The lowest BCUT2D eigenvalue weighted by Crippen LogP contribution is -2.34. The quantitative estimate of drug-likeness (QED) is 0.827. The Morgan fingerprint density at radius 2 is 2.00 bits per heavy atom. The van der Waals surface area contributed by atoms with Crippen molar-refractivity contribution in [3.05, 3.63) is 54.5 Å². The van der Waals surface area contributed by atoms with Crippen molar-refractivity contribution in [3.63, 3.8) is 0 Å². The molecule has 112 valence electrons. The summed E-state index contributed by atoms with van der Waals surface area (Å²) in [5.41, 5.74) is 0. The first kappa shape index (κ1) is 15.5. The molecule has 21 heavy (non-hydrogen) atoms. The van der Waals surface area contributed by atoms with E-state index in [0.29, 0.717) is 4.90 Å². The van der Waals surface area contributed by atoms with Crippen molar-refractivity contribution in [2.75, 3.05) is 6.61 Å². The summed E-state index contributed by atoms with van der Waals surface area (Å²) in [5, 5.41) is 9.07. The lowest BCUT2D eigenvalue weighted by molar-refractivity contribution is -0.144. The average Bonchev–Trinajstić information content (AvgIpc) is 3.02. The van der Waals surface area contributed by atoms with Crippen LogP contribution in [0.15, 0.2) is 58.0 Å². The van der Waals surface area contributed by atoms with E-state index in [9.17, 15) is 14.1 Å². The zero-order chi connectivity index (χ0) is 15.2. The van der Waals surface area contributed by atoms with Crippen LogP contribution in [0.1, 0.15) is 18.8 Å². The molecule has 0 saturated heterocycles. The van der Waals surface area contributed by atoms with Crippen LogP contribution in [-0.4, -0.2) is 27.1 Å². The smallest absolute Gasteiger partial charge is 0.325 e. The van der Waals surface area contributed by atoms with Crippen LogP contribution < -0.4 is 0 Å². The molecule has 1 heterocycles. The Bertz CT molecular complexity index is 594. The molecule has 2 aromatic rings. The van der Waals surface area contributed by atoms with E-state index in [1.54, 1.807) is 43.3 Å². The summed E-state index contributed by atoms with van der Waals surface area (Å²) in [6.07, 6.45) is 0.0479. The second kappa shape index (κ2) is 7.19. The Labute approximate surface area is 125 Å². The maximum Gasteiger partial charge on any atom is 0.325 e. The van der Waals surface area contributed by atoms with Crippen molar-refractivity contribution in [3.8, 4) is 0 Å². The topological polar surface area (TPSA) is 76.7 Å². The van der Waals surface area contributed by atoms with E-state index < -0.39 is 28.1 Å². The number of ether oxygens (including phenoxy) is 1. The number of esters is 1. The van der Waals surface area contributed by atoms with Gasteiger partial charge in [-0.2, -0.15) is 0 Å². The second-order valence-corrected chi connectivity index (χ2v) is 5.82. The van der Waals surface area contributed by atoms with Gasteiger partial charge in [0, 0.05) is 4.90 Å². The summed E-state index contributed by atoms with van der Waals surface area (Å²) in [4.78, 5) is 12.5. The van der Waals surface area contributed by atoms with Gasteiger partial charge in [-0.15, -0.1) is 0 Å². The molecule has 0 fully saturated rings. The van der Waals surface area contributed by atoms with E-state index in [0.717, 1.165) is 0 Å². The van der Waals surface area contributed by atoms with Gasteiger partial charge < -0.3 is 14.3 Å². The SMILES string of the molecule is CCOC(=O)C(C(O)c1ccco1)S(=O)c1ccccc1. The first-order valence-electron chi connectivity index (χ1n) is 6.49. The normalized spacial score (nSPS) is 15.1. The van der Waals surface area contributed by atoms with Crippen LogP contribution >= 0.6 is 0 Å². The molecule has 0 radical (unpaired) electrons. The first-order chi connectivity index (χ1) is 10.1.